The van der Waals surface area contributed by atoms with Crippen molar-refractivity contribution in [1.29, 1.82) is 0 Å². The molecule has 3 unspecified atom stereocenters. The predicted molar refractivity (Wildman–Crippen MR) is 98.1 cm³/mol. The van der Waals surface area contributed by atoms with Gasteiger partial charge >= 0.3 is 0 Å². The lowest BCUT2D eigenvalue weighted by molar-refractivity contribution is -0.140. The van der Waals surface area contributed by atoms with E-state index in [4.69, 9.17) is 10.5 Å². The van der Waals surface area contributed by atoms with Crippen LogP contribution < -0.4 is 5.73 Å². The predicted octanol–water partition coefficient (Wildman–Crippen LogP) is 1.85. The van der Waals surface area contributed by atoms with E-state index in [0.29, 0.717) is 35.9 Å². The average Bonchev–Trinajstić information content (AvgIpc) is 2.61. The van der Waals surface area contributed by atoms with Gasteiger partial charge in [-0.25, -0.2) is 0 Å². The van der Waals surface area contributed by atoms with E-state index in [1.807, 2.05) is 0 Å². The first kappa shape index (κ1) is 17.7. The molecule has 0 radical (unpaired) electrons. The van der Waals surface area contributed by atoms with E-state index in [1.165, 1.54) is 19.3 Å². The third-order valence-corrected chi connectivity index (χ3v) is 7.33. The van der Waals surface area contributed by atoms with Gasteiger partial charge in [-0.05, 0) is 57.3 Å². The highest BCUT2D eigenvalue weighted by molar-refractivity contribution is 5.79. The lowest BCUT2D eigenvalue weighted by atomic mass is 9.65. The molecule has 2 N–H and O–H groups in total. The van der Waals surface area contributed by atoms with Crippen molar-refractivity contribution in [2.24, 2.45) is 23.5 Å². The van der Waals surface area contributed by atoms with Crippen LogP contribution >= 0.6 is 0 Å². The maximum atomic E-state index is 13.1. The summed E-state index contributed by atoms with van der Waals surface area (Å²) in [7, 11) is 0. The Bertz CT molecular complexity index is 464. The van der Waals surface area contributed by atoms with E-state index in [9.17, 15) is 4.79 Å². The largest absolute Gasteiger partial charge is 0.376 e. The number of rotatable bonds is 2. The van der Waals surface area contributed by atoms with Crippen LogP contribution in [0.25, 0.3) is 0 Å². The molecule has 2 saturated heterocycles. The summed E-state index contributed by atoms with van der Waals surface area (Å²) in [5.41, 5.74) is 6.40. The SMILES string of the molecule is CC1CN(C2CCN(C(=O)C3CC4CCCC(C3)C4N)CC2)CCO1. The van der Waals surface area contributed by atoms with E-state index in [-0.39, 0.29) is 5.92 Å². The van der Waals surface area contributed by atoms with Gasteiger partial charge in [-0.3, -0.25) is 9.69 Å². The molecule has 4 aliphatic rings. The summed E-state index contributed by atoms with van der Waals surface area (Å²) in [6, 6.07) is 0.987. The molecule has 2 aliphatic heterocycles. The maximum absolute atomic E-state index is 13.1. The number of hydrogen-bond acceptors (Lipinski definition) is 4. The van der Waals surface area contributed by atoms with Crippen LogP contribution in [0.5, 0.6) is 0 Å². The fraction of sp³-hybridized carbons (Fsp3) is 0.950. The number of nitrogens with two attached hydrogens (primary N) is 1. The molecule has 4 fully saturated rings. The normalized spacial score (nSPS) is 40.9. The first-order chi connectivity index (χ1) is 12.1. The molecule has 1 amide bonds. The van der Waals surface area contributed by atoms with Gasteiger partial charge in [0.05, 0.1) is 12.7 Å². The van der Waals surface area contributed by atoms with E-state index >= 15 is 0 Å². The zero-order chi connectivity index (χ0) is 17.4. The minimum absolute atomic E-state index is 0.245. The Labute approximate surface area is 152 Å². The van der Waals surface area contributed by atoms with Gasteiger partial charge in [-0.1, -0.05) is 6.42 Å². The van der Waals surface area contributed by atoms with Gasteiger partial charge in [0.1, 0.15) is 0 Å². The van der Waals surface area contributed by atoms with Gasteiger partial charge in [-0.2, -0.15) is 0 Å². The van der Waals surface area contributed by atoms with Crippen molar-refractivity contribution in [2.45, 2.75) is 70.1 Å². The van der Waals surface area contributed by atoms with Gasteiger partial charge in [-0.15, -0.1) is 0 Å². The van der Waals surface area contributed by atoms with Crippen LogP contribution in [0.15, 0.2) is 0 Å². The average molecular weight is 350 g/mol. The fourth-order valence-electron chi connectivity index (χ4n) is 5.88. The highest BCUT2D eigenvalue weighted by Gasteiger charge is 2.42. The number of carbonyl (C=O) groups excluding carboxylic acids is 1. The third kappa shape index (κ3) is 3.74. The Balaban J connectivity index is 1.29. The van der Waals surface area contributed by atoms with Crippen LogP contribution in [-0.4, -0.2) is 66.7 Å². The van der Waals surface area contributed by atoms with Crippen molar-refractivity contribution in [3.63, 3.8) is 0 Å². The van der Waals surface area contributed by atoms with Crippen molar-refractivity contribution in [1.82, 2.24) is 9.80 Å². The van der Waals surface area contributed by atoms with E-state index < -0.39 is 0 Å². The summed E-state index contributed by atoms with van der Waals surface area (Å²) in [5, 5.41) is 0. The number of hydrogen-bond donors (Lipinski definition) is 1. The number of carbonyl (C=O) groups is 1. The number of ether oxygens (including phenoxy) is 1. The number of likely N-dealkylation sites (tertiary alicyclic amines) is 1. The molecule has 0 aromatic carbocycles. The summed E-state index contributed by atoms with van der Waals surface area (Å²) in [6.45, 7) is 6.98. The van der Waals surface area contributed by atoms with Gasteiger partial charge < -0.3 is 15.4 Å². The molecule has 142 valence electrons. The summed E-state index contributed by atoms with van der Waals surface area (Å²) < 4.78 is 5.67. The lowest BCUT2D eigenvalue weighted by Crippen LogP contribution is -2.54. The number of amides is 1. The second-order valence-electron chi connectivity index (χ2n) is 8.93. The van der Waals surface area contributed by atoms with Crippen LogP contribution in [0.4, 0.5) is 0 Å². The van der Waals surface area contributed by atoms with Crippen molar-refractivity contribution in [2.75, 3.05) is 32.8 Å². The number of morpholine rings is 1. The summed E-state index contributed by atoms with van der Waals surface area (Å²) in [6.07, 6.45) is 8.45. The Morgan fingerprint density at radius 2 is 1.72 bits per heavy atom. The van der Waals surface area contributed by atoms with Crippen molar-refractivity contribution in [3.8, 4) is 0 Å². The van der Waals surface area contributed by atoms with E-state index in [2.05, 4.69) is 16.7 Å². The smallest absolute Gasteiger partial charge is 0.225 e. The van der Waals surface area contributed by atoms with Gasteiger partial charge in [0.15, 0.2) is 0 Å². The fourth-order valence-corrected chi connectivity index (χ4v) is 5.88. The molecule has 0 aromatic rings. The Morgan fingerprint density at radius 1 is 1.04 bits per heavy atom. The van der Waals surface area contributed by atoms with Gasteiger partial charge in [0.25, 0.3) is 0 Å². The lowest BCUT2D eigenvalue weighted by Gasteiger charge is -2.46. The second-order valence-corrected chi connectivity index (χ2v) is 8.93. The molecular weight excluding hydrogens is 314 g/mol. The minimum Gasteiger partial charge on any atom is -0.376 e. The van der Waals surface area contributed by atoms with Crippen molar-refractivity contribution >= 4 is 5.91 Å². The third-order valence-electron chi connectivity index (χ3n) is 7.33. The van der Waals surface area contributed by atoms with Gasteiger partial charge in [0, 0.05) is 44.2 Å². The summed E-state index contributed by atoms with van der Waals surface area (Å²) in [4.78, 5) is 17.8. The van der Waals surface area contributed by atoms with Gasteiger partial charge in [0.2, 0.25) is 5.91 Å². The zero-order valence-electron chi connectivity index (χ0n) is 15.7. The topological polar surface area (TPSA) is 58.8 Å². The molecule has 0 aromatic heterocycles. The minimum atomic E-state index is 0.245. The van der Waals surface area contributed by atoms with Crippen molar-refractivity contribution in [3.05, 3.63) is 0 Å². The Kier molecular flexibility index (Phi) is 5.35. The standard InChI is InChI=1S/C20H35N3O2/c1-14-13-23(9-10-25-14)18-5-7-22(8-6-18)20(24)17-11-15-3-2-4-16(12-17)19(15)21/h14-19H,2-13,21H2,1H3. The van der Waals surface area contributed by atoms with Crippen molar-refractivity contribution < 1.29 is 9.53 Å². The molecule has 2 aliphatic carbocycles. The first-order valence-corrected chi connectivity index (χ1v) is 10.5. The second kappa shape index (κ2) is 7.53. The Hall–Kier alpha value is -0.650. The summed E-state index contributed by atoms with van der Waals surface area (Å²) >= 11 is 0. The molecular formula is C20H35N3O2. The van der Waals surface area contributed by atoms with E-state index in [0.717, 1.165) is 58.5 Å². The van der Waals surface area contributed by atoms with Crippen LogP contribution in [0, 0.1) is 17.8 Å². The van der Waals surface area contributed by atoms with Crippen LogP contribution in [0.1, 0.15) is 51.9 Å². The molecule has 4 rings (SSSR count). The molecule has 5 nitrogen and oxygen atoms in total. The maximum Gasteiger partial charge on any atom is 0.225 e. The number of fused-ring (bicyclic) bond motifs is 2. The Morgan fingerprint density at radius 3 is 2.36 bits per heavy atom. The highest BCUT2D eigenvalue weighted by Crippen LogP contribution is 2.42. The molecule has 25 heavy (non-hydrogen) atoms. The number of piperidine rings is 1. The highest BCUT2D eigenvalue weighted by atomic mass is 16.5. The molecule has 3 atom stereocenters. The monoisotopic (exact) mass is 349 g/mol. The molecule has 5 heteroatoms. The number of nitrogens with zero attached hydrogens (tertiary/aromatic N) is 2. The quantitative estimate of drug-likeness (QED) is 0.827. The first-order valence-electron chi connectivity index (χ1n) is 10.5. The molecule has 2 heterocycles. The zero-order valence-corrected chi connectivity index (χ0v) is 15.7. The van der Waals surface area contributed by atoms with Crippen LogP contribution in [-0.2, 0) is 9.53 Å². The van der Waals surface area contributed by atoms with E-state index in [1.54, 1.807) is 0 Å². The van der Waals surface area contributed by atoms with Crippen LogP contribution in [0.3, 0.4) is 0 Å². The van der Waals surface area contributed by atoms with Crippen LogP contribution in [0.2, 0.25) is 0 Å². The molecule has 2 saturated carbocycles. The molecule has 2 bridgehead atoms. The summed E-state index contributed by atoms with van der Waals surface area (Å²) in [5.74, 6) is 1.86. The molecule has 0 spiro atoms.